The Balaban J connectivity index is 2.36. The number of benzene rings is 1. The topological polar surface area (TPSA) is 27.1 Å². The monoisotopic (exact) mass is 276 g/mol. The van der Waals surface area contributed by atoms with Gasteiger partial charge in [0.15, 0.2) is 0 Å². The van der Waals surface area contributed by atoms with Crippen molar-refractivity contribution in [2.75, 3.05) is 0 Å². The van der Waals surface area contributed by atoms with Gasteiger partial charge in [-0.3, -0.25) is 0 Å². The van der Waals surface area contributed by atoms with Gasteiger partial charge in [0.2, 0.25) is 8.32 Å². The third-order valence-corrected chi connectivity index (χ3v) is 8.47. The molecule has 0 fully saturated rings. The number of fused-ring (bicyclic) bond motifs is 1. The van der Waals surface area contributed by atoms with Crippen LogP contribution in [0.2, 0.25) is 18.1 Å². The summed E-state index contributed by atoms with van der Waals surface area (Å²) in [4.78, 5) is 4.39. The normalized spacial score (nSPS) is 12.9. The SMILES string of the molecule is CCn1cnc2ccc(O[Si](C)(C)C(C)(C)C)cc21. The van der Waals surface area contributed by atoms with Crippen LogP contribution < -0.4 is 4.43 Å². The summed E-state index contributed by atoms with van der Waals surface area (Å²) >= 11 is 0. The molecule has 2 aromatic rings. The molecule has 3 nitrogen and oxygen atoms in total. The highest BCUT2D eigenvalue weighted by molar-refractivity contribution is 6.74. The molecular formula is C15H24N2OSi. The zero-order valence-electron chi connectivity index (χ0n) is 12.8. The van der Waals surface area contributed by atoms with Gasteiger partial charge in [-0.15, -0.1) is 0 Å². The van der Waals surface area contributed by atoms with Gasteiger partial charge in [0, 0.05) is 12.6 Å². The maximum absolute atomic E-state index is 6.34. The molecule has 104 valence electrons. The van der Waals surface area contributed by atoms with Gasteiger partial charge in [-0.25, -0.2) is 4.98 Å². The predicted octanol–water partition coefficient (Wildman–Crippen LogP) is 4.44. The van der Waals surface area contributed by atoms with E-state index < -0.39 is 8.32 Å². The molecule has 0 aliphatic rings. The molecule has 0 bridgehead atoms. The first kappa shape index (κ1) is 14.1. The fraction of sp³-hybridized carbons (Fsp3) is 0.533. The minimum absolute atomic E-state index is 0.215. The standard InChI is InChI=1S/C15H24N2OSi/c1-7-17-11-16-13-9-8-12(10-14(13)17)18-19(5,6)15(2,3)4/h8-11H,7H2,1-6H3. The molecule has 19 heavy (non-hydrogen) atoms. The average molecular weight is 276 g/mol. The molecule has 0 N–H and O–H groups in total. The average Bonchev–Trinajstić information content (AvgIpc) is 2.69. The molecular weight excluding hydrogens is 252 g/mol. The van der Waals surface area contributed by atoms with E-state index in [1.807, 2.05) is 18.5 Å². The Bertz CT molecular complexity index is 581. The van der Waals surface area contributed by atoms with Gasteiger partial charge in [0.05, 0.1) is 17.4 Å². The molecule has 0 amide bonds. The number of aromatic nitrogens is 2. The fourth-order valence-electron chi connectivity index (χ4n) is 1.80. The maximum Gasteiger partial charge on any atom is 0.250 e. The summed E-state index contributed by atoms with van der Waals surface area (Å²) in [5.74, 6) is 0.967. The van der Waals surface area contributed by atoms with Crippen molar-refractivity contribution in [2.45, 2.75) is 52.4 Å². The van der Waals surface area contributed by atoms with Crippen molar-refractivity contribution in [1.82, 2.24) is 9.55 Å². The van der Waals surface area contributed by atoms with E-state index >= 15 is 0 Å². The Labute approximate surface area is 116 Å². The molecule has 1 aromatic heterocycles. The van der Waals surface area contributed by atoms with Crippen molar-refractivity contribution in [3.05, 3.63) is 24.5 Å². The fourth-order valence-corrected chi connectivity index (χ4v) is 2.82. The molecule has 0 spiro atoms. The minimum Gasteiger partial charge on any atom is -0.543 e. The van der Waals surface area contributed by atoms with E-state index in [-0.39, 0.29) is 5.04 Å². The Morgan fingerprint density at radius 3 is 2.53 bits per heavy atom. The van der Waals surface area contributed by atoms with E-state index in [4.69, 9.17) is 4.43 Å². The van der Waals surface area contributed by atoms with Crippen molar-refractivity contribution in [3.8, 4) is 5.75 Å². The highest BCUT2D eigenvalue weighted by Crippen LogP contribution is 2.37. The summed E-state index contributed by atoms with van der Waals surface area (Å²) < 4.78 is 8.49. The van der Waals surface area contributed by atoms with Crippen LogP contribution in [-0.2, 0) is 6.54 Å². The first-order valence-corrected chi connectivity index (χ1v) is 9.79. The number of hydrogen-bond donors (Lipinski definition) is 0. The zero-order valence-corrected chi connectivity index (χ0v) is 13.8. The predicted molar refractivity (Wildman–Crippen MR) is 83.2 cm³/mol. The van der Waals surface area contributed by atoms with E-state index in [1.54, 1.807) is 0 Å². The van der Waals surface area contributed by atoms with Gasteiger partial charge in [0.1, 0.15) is 5.75 Å². The Morgan fingerprint density at radius 2 is 1.95 bits per heavy atom. The van der Waals surface area contributed by atoms with Crippen LogP contribution in [0.4, 0.5) is 0 Å². The molecule has 0 saturated carbocycles. The van der Waals surface area contributed by atoms with E-state index in [0.717, 1.165) is 23.3 Å². The lowest BCUT2D eigenvalue weighted by Gasteiger charge is -2.36. The summed E-state index contributed by atoms with van der Waals surface area (Å²) in [6.45, 7) is 14.4. The van der Waals surface area contributed by atoms with Gasteiger partial charge in [-0.05, 0) is 37.2 Å². The number of nitrogens with zero attached hydrogens (tertiary/aromatic N) is 2. The first-order valence-electron chi connectivity index (χ1n) is 6.88. The van der Waals surface area contributed by atoms with Crippen LogP contribution in [0, 0.1) is 0 Å². The molecule has 2 rings (SSSR count). The second-order valence-corrected chi connectivity index (χ2v) is 11.3. The van der Waals surface area contributed by atoms with Gasteiger partial charge in [-0.1, -0.05) is 20.8 Å². The van der Waals surface area contributed by atoms with E-state index in [0.29, 0.717) is 0 Å². The third-order valence-electron chi connectivity index (χ3n) is 4.11. The van der Waals surface area contributed by atoms with Gasteiger partial charge in [-0.2, -0.15) is 0 Å². The van der Waals surface area contributed by atoms with Crippen LogP contribution in [0.3, 0.4) is 0 Å². The van der Waals surface area contributed by atoms with Crippen molar-refractivity contribution in [1.29, 1.82) is 0 Å². The summed E-state index contributed by atoms with van der Waals surface area (Å²) in [6.07, 6.45) is 1.89. The minimum atomic E-state index is -1.77. The second-order valence-electron chi connectivity index (χ2n) is 6.54. The maximum atomic E-state index is 6.34. The largest absolute Gasteiger partial charge is 0.543 e. The van der Waals surface area contributed by atoms with Crippen LogP contribution in [-0.4, -0.2) is 17.9 Å². The highest BCUT2D eigenvalue weighted by Gasteiger charge is 2.38. The van der Waals surface area contributed by atoms with Crippen LogP contribution in [0.15, 0.2) is 24.5 Å². The lowest BCUT2D eigenvalue weighted by Crippen LogP contribution is -2.43. The lowest BCUT2D eigenvalue weighted by molar-refractivity contribution is 0.492. The van der Waals surface area contributed by atoms with E-state index in [9.17, 15) is 0 Å². The molecule has 0 aliphatic carbocycles. The van der Waals surface area contributed by atoms with E-state index in [2.05, 4.69) is 56.4 Å². The van der Waals surface area contributed by atoms with Gasteiger partial charge in [0.25, 0.3) is 0 Å². The molecule has 0 unspecified atom stereocenters. The highest BCUT2D eigenvalue weighted by atomic mass is 28.4. The number of rotatable bonds is 3. The zero-order chi connectivity index (χ0) is 14.3. The molecule has 4 heteroatoms. The Kier molecular flexibility index (Phi) is 3.47. The van der Waals surface area contributed by atoms with Crippen molar-refractivity contribution >= 4 is 19.4 Å². The third kappa shape index (κ3) is 2.68. The molecule has 0 saturated heterocycles. The van der Waals surface area contributed by atoms with Crippen molar-refractivity contribution in [2.24, 2.45) is 0 Å². The summed E-state index contributed by atoms with van der Waals surface area (Å²) in [5, 5.41) is 0.215. The molecule has 0 radical (unpaired) electrons. The van der Waals surface area contributed by atoms with Gasteiger partial charge < -0.3 is 8.99 Å². The summed E-state index contributed by atoms with van der Waals surface area (Å²) in [6, 6.07) is 6.20. The Morgan fingerprint density at radius 1 is 1.26 bits per heavy atom. The smallest absolute Gasteiger partial charge is 0.250 e. The molecule has 1 heterocycles. The summed E-state index contributed by atoms with van der Waals surface area (Å²) in [7, 11) is -1.77. The van der Waals surface area contributed by atoms with Gasteiger partial charge >= 0.3 is 0 Å². The van der Waals surface area contributed by atoms with Crippen molar-refractivity contribution < 1.29 is 4.43 Å². The number of hydrogen-bond acceptors (Lipinski definition) is 2. The van der Waals surface area contributed by atoms with Crippen LogP contribution in [0.25, 0.3) is 11.0 Å². The lowest BCUT2D eigenvalue weighted by atomic mass is 10.2. The quantitative estimate of drug-likeness (QED) is 0.775. The molecule has 0 aliphatic heterocycles. The van der Waals surface area contributed by atoms with Crippen LogP contribution in [0.1, 0.15) is 27.7 Å². The van der Waals surface area contributed by atoms with Crippen molar-refractivity contribution in [3.63, 3.8) is 0 Å². The Hall–Kier alpha value is -1.29. The molecule has 0 atom stereocenters. The summed E-state index contributed by atoms with van der Waals surface area (Å²) in [5.41, 5.74) is 2.18. The first-order chi connectivity index (χ1) is 8.74. The van der Waals surface area contributed by atoms with Crippen LogP contribution >= 0.6 is 0 Å². The number of aryl methyl sites for hydroxylation is 1. The van der Waals surface area contributed by atoms with E-state index in [1.165, 1.54) is 0 Å². The molecule has 1 aromatic carbocycles. The van der Waals surface area contributed by atoms with Crippen LogP contribution in [0.5, 0.6) is 5.75 Å². The number of imidazole rings is 1. The second kappa shape index (κ2) is 4.67.